The van der Waals surface area contributed by atoms with Crippen molar-refractivity contribution in [2.24, 2.45) is 0 Å². The third-order valence-corrected chi connectivity index (χ3v) is 9.29. The van der Waals surface area contributed by atoms with E-state index >= 15 is 0 Å². The summed E-state index contributed by atoms with van der Waals surface area (Å²) >= 11 is 0. The molecule has 2 aromatic heterocycles. The van der Waals surface area contributed by atoms with Crippen molar-refractivity contribution >= 4 is 65.0 Å². The molecule has 0 fully saturated rings. The van der Waals surface area contributed by atoms with E-state index < -0.39 is 0 Å². The fraction of sp³-hybridized carbons (Fsp3) is 0. The lowest BCUT2D eigenvalue weighted by Gasteiger charge is -2.11. The SMILES string of the molecule is c1ccc(-c2nc(-c3ccccc3)nc(-c3cc4oc5c(ccc6c7ccccc7c7ccccc7c65)c4c4ccccc34)n2)cc1. The monoisotopic (exact) mass is 599 g/mol. The third-order valence-electron chi connectivity index (χ3n) is 9.29. The smallest absolute Gasteiger partial charge is 0.164 e. The van der Waals surface area contributed by atoms with E-state index in [9.17, 15) is 0 Å². The molecule has 0 saturated heterocycles. The molecule has 218 valence electrons. The zero-order valence-electron chi connectivity index (χ0n) is 25.2. The number of furan rings is 1. The molecule has 0 aliphatic carbocycles. The molecular formula is C43H25N3O. The maximum atomic E-state index is 6.95. The molecule has 4 nitrogen and oxygen atoms in total. The average molecular weight is 600 g/mol. The fourth-order valence-corrected chi connectivity index (χ4v) is 7.20. The van der Waals surface area contributed by atoms with Gasteiger partial charge in [-0.05, 0) is 49.8 Å². The van der Waals surface area contributed by atoms with Gasteiger partial charge in [0.15, 0.2) is 17.5 Å². The van der Waals surface area contributed by atoms with Crippen LogP contribution in [-0.4, -0.2) is 15.0 Å². The third kappa shape index (κ3) is 3.92. The summed E-state index contributed by atoms with van der Waals surface area (Å²) in [6.45, 7) is 0. The Morgan fingerprint density at radius 2 is 0.766 bits per heavy atom. The van der Waals surface area contributed by atoms with Gasteiger partial charge in [0.25, 0.3) is 0 Å². The minimum absolute atomic E-state index is 0.609. The highest BCUT2D eigenvalue weighted by atomic mass is 16.3. The van der Waals surface area contributed by atoms with Crippen LogP contribution in [0.2, 0.25) is 0 Å². The molecule has 8 aromatic carbocycles. The highest BCUT2D eigenvalue weighted by Gasteiger charge is 2.21. The zero-order valence-corrected chi connectivity index (χ0v) is 25.2. The Bertz CT molecular complexity index is 2750. The molecule has 0 N–H and O–H groups in total. The predicted molar refractivity (Wildman–Crippen MR) is 193 cm³/mol. The number of fused-ring (bicyclic) bond motifs is 12. The van der Waals surface area contributed by atoms with Crippen LogP contribution in [0.4, 0.5) is 0 Å². The van der Waals surface area contributed by atoms with Gasteiger partial charge in [-0.2, -0.15) is 0 Å². The molecular weight excluding hydrogens is 574 g/mol. The Hall–Kier alpha value is -6.39. The van der Waals surface area contributed by atoms with E-state index in [1.165, 1.54) is 26.9 Å². The highest BCUT2D eigenvalue weighted by molar-refractivity contribution is 6.34. The van der Waals surface area contributed by atoms with Gasteiger partial charge in [-0.25, -0.2) is 15.0 Å². The number of rotatable bonds is 3. The van der Waals surface area contributed by atoms with Gasteiger partial charge in [0.1, 0.15) is 11.2 Å². The second-order valence-corrected chi connectivity index (χ2v) is 11.9. The topological polar surface area (TPSA) is 51.8 Å². The van der Waals surface area contributed by atoms with E-state index in [0.29, 0.717) is 17.5 Å². The molecule has 0 unspecified atom stereocenters. The molecule has 0 spiro atoms. The van der Waals surface area contributed by atoms with Crippen molar-refractivity contribution in [2.45, 2.75) is 0 Å². The number of nitrogens with zero attached hydrogens (tertiary/aromatic N) is 3. The van der Waals surface area contributed by atoms with Crippen LogP contribution in [0.15, 0.2) is 156 Å². The van der Waals surface area contributed by atoms with Crippen LogP contribution in [0.5, 0.6) is 0 Å². The zero-order chi connectivity index (χ0) is 30.9. The first-order chi connectivity index (χ1) is 23.3. The van der Waals surface area contributed by atoms with Crippen molar-refractivity contribution in [3.8, 4) is 34.2 Å². The summed E-state index contributed by atoms with van der Waals surface area (Å²) in [5, 5.41) is 11.6. The van der Waals surface area contributed by atoms with Crippen molar-refractivity contribution in [3.63, 3.8) is 0 Å². The fourth-order valence-electron chi connectivity index (χ4n) is 7.20. The first kappa shape index (κ1) is 25.9. The molecule has 10 rings (SSSR count). The van der Waals surface area contributed by atoms with Gasteiger partial charge in [-0.3, -0.25) is 0 Å². The Labute approximate surface area is 269 Å². The molecule has 0 radical (unpaired) electrons. The van der Waals surface area contributed by atoms with E-state index in [2.05, 4.69) is 91.0 Å². The maximum absolute atomic E-state index is 6.95. The van der Waals surface area contributed by atoms with E-state index in [-0.39, 0.29) is 0 Å². The summed E-state index contributed by atoms with van der Waals surface area (Å²) in [5.41, 5.74) is 4.48. The van der Waals surface area contributed by atoms with E-state index in [0.717, 1.165) is 54.8 Å². The molecule has 10 aromatic rings. The second-order valence-electron chi connectivity index (χ2n) is 11.9. The predicted octanol–water partition coefficient (Wildman–Crippen LogP) is 11.4. The first-order valence-corrected chi connectivity index (χ1v) is 15.8. The number of hydrogen-bond donors (Lipinski definition) is 0. The summed E-state index contributed by atoms with van der Waals surface area (Å²) < 4.78 is 6.95. The molecule has 0 atom stereocenters. The summed E-state index contributed by atoms with van der Waals surface area (Å²) in [6.07, 6.45) is 0. The maximum Gasteiger partial charge on any atom is 0.164 e. The molecule has 0 saturated carbocycles. The van der Waals surface area contributed by atoms with Crippen LogP contribution < -0.4 is 0 Å². The van der Waals surface area contributed by atoms with Crippen LogP contribution in [0.3, 0.4) is 0 Å². The normalized spacial score (nSPS) is 11.8. The van der Waals surface area contributed by atoms with Crippen molar-refractivity contribution in [1.82, 2.24) is 15.0 Å². The van der Waals surface area contributed by atoms with Gasteiger partial charge in [-0.15, -0.1) is 0 Å². The highest BCUT2D eigenvalue weighted by Crippen LogP contribution is 2.45. The second kappa shape index (κ2) is 10.1. The van der Waals surface area contributed by atoms with Crippen molar-refractivity contribution in [1.29, 1.82) is 0 Å². The Morgan fingerprint density at radius 3 is 1.36 bits per heavy atom. The van der Waals surface area contributed by atoms with Crippen molar-refractivity contribution in [2.75, 3.05) is 0 Å². The first-order valence-electron chi connectivity index (χ1n) is 15.8. The van der Waals surface area contributed by atoms with Gasteiger partial charge >= 0.3 is 0 Å². The molecule has 0 amide bonds. The lowest BCUT2D eigenvalue weighted by molar-refractivity contribution is 0.673. The van der Waals surface area contributed by atoms with Gasteiger partial charge in [0.05, 0.1) is 0 Å². The van der Waals surface area contributed by atoms with Gasteiger partial charge < -0.3 is 4.42 Å². The molecule has 47 heavy (non-hydrogen) atoms. The van der Waals surface area contributed by atoms with Crippen molar-refractivity contribution < 1.29 is 4.42 Å². The van der Waals surface area contributed by atoms with E-state index in [4.69, 9.17) is 19.4 Å². The molecule has 4 heteroatoms. The Kier molecular flexibility index (Phi) is 5.54. The van der Waals surface area contributed by atoms with E-state index in [1.54, 1.807) is 0 Å². The summed E-state index contributed by atoms with van der Waals surface area (Å²) in [4.78, 5) is 15.1. The molecule has 0 bridgehead atoms. The van der Waals surface area contributed by atoms with E-state index in [1.807, 2.05) is 60.7 Å². The van der Waals surface area contributed by atoms with Gasteiger partial charge in [-0.1, -0.05) is 140 Å². The number of aromatic nitrogens is 3. The molecule has 2 heterocycles. The minimum atomic E-state index is 0.609. The standard InChI is InChI=1S/C43H25N3O/c1-3-13-26(14-4-1)41-44-42(27-15-5-2-6-16-27)46-43(45-41)36-25-37-38(32-21-11-10-20-31(32)36)35-24-23-34-30-19-8-7-17-28(30)29-18-9-12-22-33(29)39(34)40(35)47-37/h1-25H. The van der Waals surface area contributed by atoms with Crippen molar-refractivity contribution in [3.05, 3.63) is 152 Å². The molecule has 0 aliphatic rings. The quantitative estimate of drug-likeness (QED) is 0.190. The average Bonchev–Trinajstić information content (AvgIpc) is 3.54. The van der Waals surface area contributed by atoms with Gasteiger partial charge in [0, 0.05) is 32.8 Å². The number of benzene rings is 8. The Balaban J connectivity index is 1.32. The number of hydrogen-bond acceptors (Lipinski definition) is 4. The summed E-state index contributed by atoms with van der Waals surface area (Å²) in [6, 6.07) is 52.6. The van der Waals surface area contributed by atoms with Crippen LogP contribution in [-0.2, 0) is 0 Å². The van der Waals surface area contributed by atoms with Crippen LogP contribution >= 0.6 is 0 Å². The van der Waals surface area contributed by atoms with Crippen LogP contribution in [0.1, 0.15) is 0 Å². The lowest BCUT2D eigenvalue weighted by Crippen LogP contribution is -2.00. The van der Waals surface area contributed by atoms with Crippen LogP contribution in [0.25, 0.3) is 99.2 Å². The summed E-state index contributed by atoms with van der Waals surface area (Å²) in [7, 11) is 0. The Morgan fingerprint density at radius 1 is 0.340 bits per heavy atom. The van der Waals surface area contributed by atoms with Gasteiger partial charge in [0.2, 0.25) is 0 Å². The lowest BCUT2D eigenvalue weighted by atomic mass is 9.92. The largest absolute Gasteiger partial charge is 0.455 e. The molecule has 0 aliphatic heterocycles. The minimum Gasteiger partial charge on any atom is -0.455 e. The summed E-state index contributed by atoms with van der Waals surface area (Å²) in [5.74, 6) is 1.87. The van der Waals surface area contributed by atoms with Crippen LogP contribution in [0, 0.1) is 0 Å².